The second kappa shape index (κ2) is 6.20. The summed E-state index contributed by atoms with van der Waals surface area (Å²) in [6.07, 6.45) is 3.94. The smallest absolute Gasteiger partial charge is 0.151 e. The average molecular weight is 328 g/mol. The molecule has 1 fully saturated rings. The summed E-state index contributed by atoms with van der Waals surface area (Å²) in [6.45, 7) is 1.95. The van der Waals surface area contributed by atoms with Gasteiger partial charge in [0.05, 0.1) is 27.0 Å². The van der Waals surface area contributed by atoms with Gasteiger partial charge in [-0.3, -0.25) is 4.21 Å². The van der Waals surface area contributed by atoms with Crippen LogP contribution in [0.25, 0.3) is 0 Å². The molecule has 2 aromatic rings. The van der Waals surface area contributed by atoms with Gasteiger partial charge < -0.3 is 4.90 Å². The molecular weight excluding hydrogens is 314 g/mol. The number of hydrogen-bond acceptors (Lipinski definition) is 5. The number of hydrogen-bond donors (Lipinski definition) is 0. The highest BCUT2D eigenvalue weighted by atomic mass is 35.5. The van der Waals surface area contributed by atoms with E-state index in [2.05, 4.69) is 14.9 Å². The molecule has 4 nitrogen and oxygen atoms in total. The molecule has 20 heavy (non-hydrogen) atoms. The molecule has 2 aromatic heterocycles. The molecule has 0 aliphatic carbocycles. The molecule has 3 heterocycles. The summed E-state index contributed by atoms with van der Waals surface area (Å²) in [7, 11) is -1.09. The lowest BCUT2D eigenvalue weighted by Gasteiger charge is -2.17. The maximum absolute atomic E-state index is 12.2. The lowest BCUT2D eigenvalue weighted by atomic mass is 10.4. The topological polar surface area (TPSA) is 46.1 Å². The maximum Gasteiger partial charge on any atom is 0.151 e. The molecule has 0 saturated carbocycles. The lowest BCUT2D eigenvalue weighted by molar-refractivity contribution is 0.682. The fraction of sp³-hybridized carbons (Fsp3) is 0.385. The maximum atomic E-state index is 12.2. The van der Waals surface area contributed by atoms with E-state index in [0.717, 1.165) is 36.0 Å². The highest BCUT2D eigenvalue weighted by Gasteiger charge is 2.18. The van der Waals surface area contributed by atoms with Gasteiger partial charge in [0, 0.05) is 13.1 Å². The fourth-order valence-corrected chi connectivity index (χ4v) is 4.37. The summed E-state index contributed by atoms with van der Waals surface area (Å²) < 4.78 is 13.0. The Morgan fingerprint density at radius 2 is 2.20 bits per heavy atom. The summed E-state index contributed by atoms with van der Waals surface area (Å²) in [6, 6.07) is 3.77. The van der Waals surface area contributed by atoms with Crippen LogP contribution in [0.1, 0.15) is 18.7 Å². The standard InChI is InChI=1S/C13H14ClN3OS2/c14-10-8-15-11(9-20(18)12-4-3-7-19-12)16-13(10)17-5-1-2-6-17/h3-4,7-8H,1-2,5-6,9H2. The van der Waals surface area contributed by atoms with Gasteiger partial charge >= 0.3 is 0 Å². The summed E-state index contributed by atoms with van der Waals surface area (Å²) in [4.78, 5) is 10.9. The van der Waals surface area contributed by atoms with Crippen molar-refractivity contribution in [3.63, 3.8) is 0 Å². The second-order valence-electron chi connectivity index (χ2n) is 4.57. The largest absolute Gasteiger partial charge is 0.355 e. The Bertz CT molecular complexity index is 612. The van der Waals surface area contributed by atoms with E-state index >= 15 is 0 Å². The van der Waals surface area contributed by atoms with Crippen LogP contribution in [0.4, 0.5) is 5.82 Å². The van der Waals surface area contributed by atoms with E-state index in [-0.39, 0.29) is 0 Å². The van der Waals surface area contributed by atoms with Gasteiger partial charge in [-0.05, 0) is 24.3 Å². The number of aromatic nitrogens is 2. The Labute approximate surface area is 129 Å². The first kappa shape index (κ1) is 14.0. The number of halogens is 1. The van der Waals surface area contributed by atoms with Crippen LogP contribution < -0.4 is 4.90 Å². The van der Waals surface area contributed by atoms with Crippen molar-refractivity contribution in [2.24, 2.45) is 0 Å². The van der Waals surface area contributed by atoms with Crippen LogP contribution in [0.3, 0.4) is 0 Å². The molecular formula is C13H14ClN3OS2. The minimum atomic E-state index is -1.09. The van der Waals surface area contributed by atoms with Gasteiger partial charge in [-0.25, -0.2) is 9.97 Å². The normalized spacial score (nSPS) is 16.6. The van der Waals surface area contributed by atoms with Crippen LogP contribution in [-0.2, 0) is 16.6 Å². The number of rotatable bonds is 4. The van der Waals surface area contributed by atoms with Crippen LogP contribution in [0, 0.1) is 0 Å². The van der Waals surface area contributed by atoms with Gasteiger partial charge in [0.1, 0.15) is 10.8 Å². The van der Waals surface area contributed by atoms with E-state index in [0.29, 0.717) is 16.6 Å². The minimum absolute atomic E-state index is 0.332. The zero-order valence-electron chi connectivity index (χ0n) is 10.8. The van der Waals surface area contributed by atoms with Gasteiger partial charge in [0.2, 0.25) is 0 Å². The third-order valence-electron chi connectivity index (χ3n) is 3.16. The molecule has 0 aromatic carbocycles. The van der Waals surface area contributed by atoms with Crippen molar-refractivity contribution in [2.75, 3.05) is 18.0 Å². The molecule has 1 saturated heterocycles. The van der Waals surface area contributed by atoms with E-state index in [1.54, 1.807) is 6.20 Å². The molecule has 0 bridgehead atoms. The summed E-state index contributed by atoms with van der Waals surface area (Å²) >= 11 is 7.66. The molecule has 106 valence electrons. The Morgan fingerprint density at radius 3 is 2.90 bits per heavy atom. The summed E-state index contributed by atoms with van der Waals surface area (Å²) in [5.74, 6) is 1.69. The van der Waals surface area contributed by atoms with Gasteiger partial charge in [0.15, 0.2) is 5.82 Å². The van der Waals surface area contributed by atoms with Crippen molar-refractivity contribution in [3.05, 3.63) is 34.6 Å². The van der Waals surface area contributed by atoms with Crippen molar-refractivity contribution in [1.29, 1.82) is 0 Å². The van der Waals surface area contributed by atoms with Crippen molar-refractivity contribution >= 4 is 39.6 Å². The molecule has 0 amide bonds. The van der Waals surface area contributed by atoms with Crippen molar-refractivity contribution in [2.45, 2.75) is 22.8 Å². The Balaban J connectivity index is 1.80. The first-order chi connectivity index (χ1) is 9.74. The Hall–Kier alpha value is -0.980. The first-order valence-electron chi connectivity index (χ1n) is 6.42. The SMILES string of the molecule is O=S(Cc1ncc(Cl)c(N2CCCC2)n1)c1cccs1. The van der Waals surface area contributed by atoms with Crippen molar-refractivity contribution in [1.82, 2.24) is 9.97 Å². The van der Waals surface area contributed by atoms with E-state index in [9.17, 15) is 4.21 Å². The van der Waals surface area contributed by atoms with Crippen molar-refractivity contribution < 1.29 is 4.21 Å². The molecule has 1 aliphatic rings. The van der Waals surface area contributed by atoms with Gasteiger partial charge in [-0.2, -0.15) is 0 Å². The van der Waals surface area contributed by atoms with E-state index in [1.807, 2.05) is 17.5 Å². The monoisotopic (exact) mass is 327 g/mol. The molecule has 1 atom stereocenters. The Kier molecular flexibility index (Phi) is 4.33. The average Bonchev–Trinajstić information content (AvgIpc) is 3.14. The molecule has 1 aliphatic heterocycles. The highest BCUT2D eigenvalue weighted by Crippen LogP contribution is 2.26. The molecule has 0 radical (unpaired) electrons. The van der Waals surface area contributed by atoms with E-state index < -0.39 is 10.8 Å². The van der Waals surface area contributed by atoms with Crippen LogP contribution in [0.5, 0.6) is 0 Å². The number of anilines is 1. The zero-order chi connectivity index (χ0) is 13.9. The van der Waals surface area contributed by atoms with Gasteiger partial charge in [0.25, 0.3) is 0 Å². The molecule has 0 spiro atoms. The van der Waals surface area contributed by atoms with Crippen molar-refractivity contribution in [3.8, 4) is 0 Å². The third kappa shape index (κ3) is 3.02. The molecule has 3 rings (SSSR count). The van der Waals surface area contributed by atoms with E-state index in [4.69, 9.17) is 11.6 Å². The van der Waals surface area contributed by atoms with Crippen LogP contribution >= 0.6 is 22.9 Å². The zero-order valence-corrected chi connectivity index (χ0v) is 13.2. The van der Waals surface area contributed by atoms with Gasteiger partial charge in [-0.1, -0.05) is 17.7 Å². The van der Waals surface area contributed by atoms with Crippen LogP contribution in [0.15, 0.2) is 27.9 Å². The van der Waals surface area contributed by atoms with Gasteiger partial charge in [-0.15, -0.1) is 11.3 Å². The minimum Gasteiger partial charge on any atom is -0.355 e. The number of nitrogens with zero attached hydrogens (tertiary/aromatic N) is 3. The number of thiophene rings is 1. The highest BCUT2D eigenvalue weighted by molar-refractivity contribution is 7.86. The predicted molar refractivity (Wildman–Crippen MR) is 82.9 cm³/mol. The Morgan fingerprint density at radius 1 is 1.40 bits per heavy atom. The lowest BCUT2D eigenvalue weighted by Crippen LogP contribution is -2.20. The predicted octanol–water partition coefficient (Wildman–Crippen LogP) is 3.10. The summed E-state index contributed by atoms with van der Waals surface area (Å²) in [5, 5.41) is 2.49. The molecule has 7 heteroatoms. The molecule has 1 unspecified atom stereocenters. The molecule has 0 N–H and O–H groups in total. The fourth-order valence-electron chi connectivity index (χ4n) is 2.20. The van der Waals surface area contributed by atoms with Crippen LogP contribution in [-0.4, -0.2) is 27.3 Å². The second-order valence-corrected chi connectivity index (χ2v) is 7.61. The third-order valence-corrected chi connectivity index (χ3v) is 6.04. The first-order valence-corrected chi connectivity index (χ1v) is 9.00. The van der Waals surface area contributed by atoms with E-state index in [1.165, 1.54) is 11.3 Å². The van der Waals surface area contributed by atoms with Crippen LogP contribution in [0.2, 0.25) is 5.02 Å². The quantitative estimate of drug-likeness (QED) is 0.865. The summed E-state index contributed by atoms with van der Waals surface area (Å²) in [5.41, 5.74) is 0.